The molecule has 4 rings (SSSR count). The van der Waals surface area contributed by atoms with Gasteiger partial charge in [0.25, 0.3) is 0 Å². The van der Waals surface area contributed by atoms with Crippen LogP contribution in [0.4, 0.5) is 0 Å². The smallest absolute Gasteiger partial charge is 0.245 e. The third-order valence-corrected chi connectivity index (χ3v) is 6.69. The Morgan fingerprint density at radius 1 is 1.27 bits per heavy atom. The second-order valence-corrected chi connectivity index (χ2v) is 8.23. The summed E-state index contributed by atoms with van der Waals surface area (Å²) >= 11 is 0. The van der Waals surface area contributed by atoms with Crippen molar-refractivity contribution in [3.05, 3.63) is 18.2 Å². The van der Waals surface area contributed by atoms with E-state index in [1.165, 1.54) is 17.1 Å². The van der Waals surface area contributed by atoms with E-state index in [-0.39, 0.29) is 16.9 Å². The van der Waals surface area contributed by atoms with Gasteiger partial charge in [-0.2, -0.15) is 4.31 Å². The molecule has 2 fully saturated rings. The summed E-state index contributed by atoms with van der Waals surface area (Å²) < 4.78 is 29.1. The fourth-order valence-electron chi connectivity index (χ4n) is 3.41. The van der Waals surface area contributed by atoms with Crippen molar-refractivity contribution in [1.82, 2.24) is 19.3 Å². The molecule has 1 aliphatic heterocycles. The van der Waals surface area contributed by atoms with Crippen molar-refractivity contribution < 1.29 is 8.42 Å². The lowest BCUT2D eigenvalue weighted by atomic mass is 9.99. The molecule has 2 heterocycles. The molecule has 0 unspecified atom stereocenters. The minimum Gasteiger partial charge on any atom is -0.326 e. The van der Waals surface area contributed by atoms with Gasteiger partial charge in [0.1, 0.15) is 10.4 Å². The predicted molar refractivity (Wildman–Crippen MR) is 81.5 cm³/mol. The highest BCUT2D eigenvalue weighted by atomic mass is 32.2. The zero-order chi connectivity index (χ0) is 15.5. The molecule has 2 N–H and O–H groups in total. The molecule has 0 spiro atoms. The largest absolute Gasteiger partial charge is 0.326 e. The Labute approximate surface area is 129 Å². The maximum Gasteiger partial charge on any atom is 0.245 e. The van der Waals surface area contributed by atoms with Gasteiger partial charge in [-0.3, -0.25) is 0 Å². The summed E-state index contributed by atoms with van der Waals surface area (Å²) in [6, 6.07) is 5.08. The van der Waals surface area contributed by atoms with Crippen LogP contribution in [0.15, 0.2) is 23.1 Å². The Morgan fingerprint density at radius 2 is 2.05 bits per heavy atom. The number of hydrogen-bond donors (Lipinski definition) is 1. The summed E-state index contributed by atoms with van der Waals surface area (Å²) in [5.41, 5.74) is 7.30. The van der Waals surface area contributed by atoms with Crippen molar-refractivity contribution in [3.8, 4) is 0 Å². The predicted octanol–water partition coefficient (Wildman–Crippen LogP) is 0.326. The van der Waals surface area contributed by atoms with Crippen LogP contribution in [-0.2, 0) is 17.1 Å². The van der Waals surface area contributed by atoms with E-state index in [9.17, 15) is 8.42 Å². The second kappa shape index (κ2) is 4.74. The lowest BCUT2D eigenvalue weighted by Crippen LogP contribution is -2.32. The van der Waals surface area contributed by atoms with Crippen molar-refractivity contribution in [3.63, 3.8) is 0 Å². The van der Waals surface area contributed by atoms with Crippen molar-refractivity contribution in [2.75, 3.05) is 13.1 Å². The maximum absolute atomic E-state index is 13.0. The Kier molecular flexibility index (Phi) is 3.04. The van der Waals surface area contributed by atoms with Gasteiger partial charge in [-0.1, -0.05) is 11.3 Å². The van der Waals surface area contributed by atoms with Gasteiger partial charge in [-0.05, 0) is 36.8 Å². The number of benzene rings is 1. The molecule has 8 heteroatoms. The number of nitrogens with two attached hydrogens (primary N) is 1. The van der Waals surface area contributed by atoms with E-state index in [2.05, 4.69) is 10.3 Å². The molecule has 0 radical (unpaired) electrons. The molecule has 2 aromatic rings. The van der Waals surface area contributed by atoms with Crippen LogP contribution in [0, 0.1) is 11.8 Å². The van der Waals surface area contributed by atoms with E-state index in [4.69, 9.17) is 5.73 Å². The molecule has 1 aromatic heterocycles. The number of rotatable bonds is 3. The number of fused-ring (bicyclic) bond motifs is 1. The molecule has 1 aliphatic carbocycles. The summed E-state index contributed by atoms with van der Waals surface area (Å²) in [4.78, 5) is 0.224. The highest BCUT2D eigenvalue weighted by Crippen LogP contribution is 2.42. The number of aromatic nitrogens is 3. The quantitative estimate of drug-likeness (QED) is 0.879. The van der Waals surface area contributed by atoms with Gasteiger partial charge < -0.3 is 5.73 Å². The minimum atomic E-state index is -3.59. The SMILES string of the molecule is Cn1nnc2c(S(=O)(=O)N3C[C@H](C4CC4)[C@@H](N)C3)cccc21. The van der Waals surface area contributed by atoms with Gasteiger partial charge in [-0.15, -0.1) is 5.10 Å². The first-order chi connectivity index (χ1) is 10.5. The van der Waals surface area contributed by atoms with E-state index in [0.29, 0.717) is 30.0 Å². The van der Waals surface area contributed by atoms with E-state index in [1.54, 1.807) is 23.9 Å². The van der Waals surface area contributed by atoms with Gasteiger partial charge >= 0.3 is 0 Å². The highest BCUT2D eigenvalue weighted by molar-refractivity contribution is 7.89. The maximum atomic E-state index is 13.0. The van der Waals surface area contributed by atoms with Crippen LogP contribution in [0.5, 0.6) is 0 Å². The normalized spacial score (nSPS) is 26.8. The molecule has 118 valence electrons. The van der Waals surface area contributed by atoms with Crippen molar-refractivity contribution >= 4 is 21.1 Å². The molecule has 2 atom stereocenters. The number of aryl methyl sites for hydroxylation is 1. The summed E-state index contributed by atoms with van der Waals surface area (Å²) in [6.07, 6.45) is 2.35. The lowest BCUT2D eigenvalue weighted by molar-refractivity contribution is 0.428. The Bertz CT molecular complexity index is 827. The summed E-state index contributed by atoms with van der Waals surface area (Å²) in [6.45, 7) is 0.908. The average Bonchev–Trinajstić information content (AvgIpc) is 3.16. The molecule has 1 aromatic carbocycles. The van der Waals surface area contributed by atoms with Crippen LogP contribution in [0.3, 0.4) is 0 Å². The number of nitrogens with zero attached hydrogens (tertiary/aromatic N) is 4. The van der Waals surface area contributed by atoms with E-state index >= 15 is 0 Å². The Hall–Kier alpha value is -1.51. The standard InChI is InChI=1S/C14H19N5O2S/c1-18-12-3-2-4-13(14(12)16-17-18)22(20,21)19-7-10(9-5-6-9)11(15)8-19/h2-4,9-11H,5-8,15H2,1H3/t10-,11+/m1/s1. The van der Waals surface area contributed by atoms with Gasteiger partial charge in [0.15, 0.2) is 0 Å². The molecule has 1 saturated carbocycles. The Balaban J connectivity index is 1.74. The minimum absolute atomic E-state index is 0.0664. The van der Waals surface area contributed by atoms with Crippen molar-refractivity contribution in [2.24, 2.45) is 24.6 Å². The van der Waals surface area contributed by atoms with E-state index < -0.39 is 10.0 Å². The number of sulfonamides is 1. The average molecular weight is 321 g/mol. The second-order valence-electron chi connectivity index (χ2n) is 6.32. The third-order valence-electron chi connectivity index (χ3n) is 4.83. The first-order valence-electron chi connectivity index (χ1n) is 7.52. The molecule has 1 saturated heterocycles. The van der Waals surface area contributed by atoms with Crippen molar-refractivity contribution in [1.29, 1.82) is 0 Å². The summed E-state index contributed by atoms with van der Waals surface area (Å²) in [7, 11) is -1.84. The van der Waals surface area contributed by atoms with E-state index in [1.807, 2.05) is 6.07 Å². The highest BCUT2D eigenvalue weighted by Gasteiger charge is 2.45. The van der Waals surface area contributed by atoms with Gasteiger partial charge in [0.05, 0.1) is 5.52 Å². The fraction of sp³-hybridized carbons (Fsp3) is 0.571. The fourth-order valence-corrected chi connectivity index (χ4v) is 5.07. The zero-order valence-corrected chi connectivity index (χ0v) is 13.2. The molecule has 0 bridgehead atoms. The first-order valence-corrected chi connectivity index (χ1v) is 8.96. The summed E-state index contributed by atoms with van der Waals surface area (Å²) in [5, 5.41) is 7.94. The van der Waals surface area contributed by atoms with Crippen LogP contribution in [0.25, 0.3) is 11.0 Å². The van der Waals surface area contributed by atoms with Gasteiger partial charge in [0.2, 0.25) is 10.0 Å². The summed E-state index contributed by atoms with van der Waals surface area (Å²) in [5.74, 6) is 0.887. The molecular formula is C14H19N5O2S. The van der Waals surface area contributed by atoms with Crippen LogP contribution in [-0.4, -0.2) is 46.8 Å². The van der Waals surface area contributed by atoms with Gasteiger partial charge in [0, 0.05) is 26.2 Å². The first kappa shape index (κ1) is 14.1. The van der Waals surface area contributed by atoms with Crippen LogP contribution in [0.1, 0.15) is 12.8 Å². The topological polar surface area (TPSA) is 94.1 Å². The Morgan fingerprint density at radius 3 is 2.77 bits per heavy atom. The van der Waals surface area contributed by atoms with Crippen LogP contribution < -0.4 is 5.73 Å². The van der Waals surface area contributed by atoms with Crippen molar-refractivity contribution in [2.45, 2.75) is 23.8 Å². The lowest BCUT2D eigenvalue weighted by Gasteiger charge is -2.16. The number of hydrogen-bond acceptors (Lipinski definition) is 5. The van der Waals surface area contributed by atoms with Gasteiger partial charge in [-0.25, -0.2) is 13.1 Å². The molecule has 22 heavy (non-hydrogen) atoms. The molecule has 7 nitrogen and oxygen atoms in total. The monoisotopic (exact) mass is 321 g/mol. The van der Waals surface area contributed by atoms with Crippen LogP contribution in [0.2, 0.25) is 0 Å². The van der Waals surface area contributed by atoms with E-state index in [0.717, 1.165) is 0 Å². The zero-order valence-electron chi connectivity index (χ0n) is 12.4. The molecular weight excluding hydrogens is 302 g/mol. The molecule has 2 aliphatic rings. The molecule has 0 amide bonds. The third kappa shape index (κ3) is 2.05. The van der Waals surface area contributed by atoms with Crippen LogP contribution >= 0.6 is 0 Å².